The van der Waals surface area contributed by atoms with E-state index in [9.17, 15) is 14.7 Å². The van der Waals surface area contributed by atoms with Crippen LogP contribution in [0.5, 0.6) is 0 Å². The van der Waals surface area contributed by atoms with Gasteiger partial charge in [0.1, 0.15) is 0 Å². The van der Waals surface area contributed by atoms with Gasteiger partial charge in [-0.25, -0.2) is 0 Å². The maximum atomic E-state index is 11.7. The van der Waals surface area contributed by atoms with Crippen molar-refractivity contribution in [1.29, 1.82) is 0 Å². The Balaban J connectivity index is 2.07. The van der Waals surface area contributed by atoms with E-state index in [1.54, 1.807) is 0 Å². The fourth-order valence-corrected chi connectivity index (χ4v) is 5.46. The van der Waals surface area contributed by atoms with E-state index in [4.69, 9.17) is 4.74 Å². The van der Waals surface area contributed by atoms with Gasteiger partial charge in [0.05, 0.1) is 0 Å². The number of hydrogen-bond acceptors (Lipinski definition) is 5. The number of aliphatic hydroxyl groups excluding tert-OH is 1. The van der Waals surface area contributed by atoms with E-state index in [1.165, 1.54) is 16.8 Å². The molecule has 0 bridgehead atoms. The molecule has 8 heteroatoms. The predicted molar refractivity (Wildman–Crippen MR) is 75.8 cm³/mol. The van der Waals surface area contributed by atoms with Crippen LogP contribution in [0.15, 0.2) is 21.9 Å². The van der Waals surface area contributed by atoms with Gasteiger partial charge in [0.25, 0.3) is 0 Å². The summed E-state index contributed by atoms with van der Waals surface area (Å²) in [6.45, 7) is 0. The van der Waals surface area contributed by atoms with E-state index in [-0.39, 0.29) is 6.10 Å². The molecule has 2 N–H and O–H groups in total. The molecule has 106 valence electrons. The second-order valence-electron chi connectivity index (χ2n) is 4.56. The molecule has 0 radical (unpaired) electrons. The first kappa shape index (κ1) is 14.9. The van der Waals surface area contributed by atoms with Crippen molar-refractivity contribution >= 4 is 23.5 Å². The van der Waals surface area contributed by atoms with Crippen LogP contribution in [0.3, 0.4) is 0 Å². The van der Waals surface area contributed by atoms with Crippen LogP contribution in [0, 0.1) is 0 Å². The molecular formula is C11H17AsN2O4S. The molecule has 19 heavy (non-hydrogen) atoms. The summed E-state index contributed by atoms with van der Waals surface area (Å²) in [6.07, 6.45) is 0.471. The van der Waals surface area contributed by atoms with Crippen LogP contribution >= 0.6 is 10.0 Å². The molecule has 0 spiro atoms. The first-order valence-electron chi connectivity index (χ1n) is 5.92. The average molecular weight is 348 g/mol. The summed E-state index contributed by atoms with van der Waals surface area (Å²) in [6, 6.07) is 1.28. The van der Waals surface area contributed by atoms with E-state index >= 15 is 0 Å². The van der Waals surface area contributed by atoms with Crippen molar-refractivity contribution in [2.75, 3.05) is 5.75 Å². The Bertz CT molecular complexity index is 544. The van der Waals surface area contributed by atoms with Gasteiger partial charge >= 0.3 is 118 Å². The number of rotatable bonds is 4. The Morgan fingerprint density at radius 2 is 2.32 bits per heavy atom. The van der Waals surface area contributed by atoms with Crippen LogP contribution in [-0.4, -0.2) is 46.1 Å². The number of nitrogens with one attached hydrogen (secondary N) is 1. The molecule has 6 nitrogen and oxygen atoms in total. The zero-order chi connectivity index (χ0) is 14.0. The molecule has 1 aliphatic rings. The quantitative estimate of drug-likeness (QED) is 0.758. The number of aromatic amines is 1. The summed E-state index contributed by atoms with van der Waals surface area (Å²) in [5.74, 6) is 0.753. The van der Waals surface area contributed by atoms with Crippen molar-refractivity contribution in [2.24, 2.45) is 0 Å². The third-order valence-electron chi connectivity index (χ3n) is 2.86. The first-order chi connectivity index (χ1) is 8.97. The maximum absolute atomic E-state index is 11.7. The van der Waals surface area contributed by atoms with Crippen LogP contribution in [0.2, 0.25) is 11.4 Å². The van der Waals surface area contributed by atoms with E-state index in [0.29, 0.717) is 6.42 Å². The van der Waals surface area contributed by atoms with Crippen molar-refractivity contribution in [3.05, 3.63) is 33.1 Å². The van der Waals surface area contributed by atoms with Crippen molar-refractivity contribution < 1.29 is 9.84 Å². The van der Waals surface area contributed by atoms with E-state index < -0.39 is 37.1 Å². The summed E-state index contributed by atoms with van der Waals surface area (Å²) in [7, 11) is 1.85. The number of H-pyrrole nitrogens is 1. The number of nitrogens with zero attached hydrogens (tertiary/aromatic N) is 1. The minimum absolute atomic E-state index is 0.245. The second-order valence-corrected chi connectivity index (χ2v) is 14.0. The topological polar surface area (TPSA) is 84.3 Å². The molecule has 1 aliphatic heterocycles. The SMILES string of the molecule is C[As](C)SCC1OC(n2ccc(=O)[nH]c2=O)CC1O. The van der Waals surface area contributed by atoms with Crippen LogP contribution in [0.1, 0.15) is 12.6 Å². The van der Waals surface area contributed by atoms with Crippen LogP contribution in [-0.2, 0) is 4.74 Å². The number of aliphatic hydroxyl groups is 1. The number of hydrogen-bond donors (Lipinski definition) is 2. The molecule has 0 amide bonds. The van der Waals surface area contributed by atoms with Gasteiger partial charge in [-0.15, -0.1) is 0 Å². The minimum atomic E-state index is -0.816. The summed E-state index contributed by atoms with van der Waals surface area (Å²) in [4.78, 5) is 24.8. The molecule has 0 aromatic carbocycles. The Morgan fingerprint density at radius 1 is 1.58 bits per heavy atom. The molecule has 0 saturated carbocycles. The van der Waals surface area contributed by atoms with E-state index in [1.807, 2.05) is 10.0 Å². The van der Waals surface area contributed by atoms with Crippen molar-refractivity contribution in [3.8, 4) is 0 Å². The summed E-state index contributed by atoms with van der Waals surface area (Å²) >= 11 is -0.816. The van der Waals surface area contributed by atoms with Gasteiger partial charge in [0.15, 0.2) is 0 Å². The van der Waals surface area contributed by atoms with Gasteiger partial charge in [-0.2, -0.15) is 0 Å². The van der Waals surface area contributed by atoms with Gasteiger partial charge in [-0.3, -0.25) is 0 Å². The van der Waals surface area contributed by atoms with Crippen LogP contribution < -0.4 is 11.2 Å². The van der Waals surface area contributed by atoms with E-state index in [2.05, 4.69) is 16.4 Å². The molecule has 3 unspecified atom stereocenters. The third kappa shape index (κ3) is 3.75. The second kappa shape index (κ2) is 6.31. The fraction of sp³-hybridized carbons (Fsp3) is 0.636. The molecule has 1 aromatic rings. The molecule has 1 fully saturated rings. The molecule has 1 saturated heterocycles. The monoisotopic (exact) mass is 348 g/mol. The zero-order valence-corrected chi connectivity index (χ0v) is 13.5. The van der Waals surface area contributed by atoms with Gasteiger partial charge in [0.2, 0.25) is 0 Å². The summed E-state index contributed by atoms with van der Waals surface area (Å²) in [5.41, 5.74) is 3.51. The summed E-state index contributed by atoms with van der Waals surface area (Å²) < 4.78 is 7.05. The Hall–Kier alpha value is -0.492. The van der Waals surface area contributed by atoms with Crippen molar-refractivity contribution in [2.45, 2.75) is 36.3 Å². The average Bonchev–Trinajstić information content (AvgIpc) is 2.67. The number of aromatic nitrogens is 2. The molecule has 2 heterocycles. The Morgan fingerprint density at radius 3 is 2.95 bits per heavy atom. The van der Waals surface area contributed by atoms with Crippen molar-refractivity contribution in [1.82, 2.24) is 9.55 Å². The molecule has 0 aliphatic carbocycles. The Kier molecular flexibility index (Phi) is 4.95. The molecule has 3 atom stereocenters. The summed E-state index contributed by atoms with van der Waals surface area (Å²) in [5, 5.41) is 9.97. The van der Waals surface area contributed by atoms with Gasteiger partial charge in [0, 0.05) is 0 Å². The molecular weight excluding hydrogens is 331 g/mol. The first-order valence-corrected chi connectivity index (χ1v) is 12.9. The molecule has 2 rings (SSSR count). The Labute approximate surface area is 118 Å². The van der Waals surface area contributed by atoms with Gasteiger partial charge in [-0.1, -0.05) is 0 Å². The predicted octanol–water partition coefficient (Wildman–Crippen LogP) is 0.169. The zero-order valence-electron chi connectivity index (χ0n) is 10.8. The van der Waals surface area contributed by atoms with Crippen LogP contribution in [0.4, 0.5) is 0 Å². The molecule has 1 aromatic heterocycles. The normalized spacial score (nSPS) is 27.1. The standard InChI is InChI=1S/C11H17AsN2O4S/c1-12(2)19-6-8-7(15)5-10(18-8)14-4-3-9(16)13-11(14)17/h3-4,7-8,10,15H,5-6H2,1-2H3,(H,13,16,17). The van der Waals surface area contributed by atoms with Crippen molar-refractivity contribution in [3.63, 3.8) is 0 Å². The van der Waals surface area contributed by atoms with Crippen LogP contribution in [0.25, 0.3) is 0 Å². The number of ether oxygens (including phenoxy) is 1. The van der Waals surface area contributed by atoms with Gasteiger partial charge in [-0.05, 0) is 0 Å². The third-order valence-corrected chi connectivity index (χ3v) is 8.05. The van der Waals surface area contributed by atoms with Gasteiger partial charge < -0.3 is 0 Å². The van der Waals surface area contributed by atoms with E-state index in [0.717, 1.165) is 5.75 Å². The fourth-order valence-electron chi connectivity index (χ4n) is 1.91.